The highest BCUT2D eigenvalue weighted by Crippen LogP contribution is 2.23. The molecule has 0 radical (unpaired) electrons. The third-order valence-corrected chi connectivity index (χ3v) is 6.73. The number of hydrogen-bond donors (Lipinski definition) is 1. The normalized spacial score (nSPS) is 18.2. The molecule has 0 aliphatic carbocycles. The van der Waals surface area contributed by atoms with Crippen molar-refractivity contribution in [2.24, 2.45) is 5.92 Å². The molecule has 1 amide bonds. The first kappa shape index (κ1) is 22.1. The Morgan fingerprint density at radius 2 is 1.71 bits per heavy atom. The van der Waals surface area contributed by atoms with Crippen LogP contribution < -0.4 is 10.2 Å². The van der Waals surface area contributed by atoms with Crippen molar-refractivity contribution < 1.29 is 9.18 Å². The summed E-state index contributed by atoms with van der Waals surface area (Å²) in [4.78, 5) is 17.3. The highest BCUT2D eigenvalue weighted by molar-refractivity contribution is 6.30. The molecule has 2 fully saturated rings. The van der Waals surface area contributed by atoms with Crippen molar-refractivity contribution in [3.8, 4) is 0 Å². The van der Waals surface area contributed by atoms with Crippen LogP contribution in [0.1, 0.15) is 43.2 Å². The van der Waals surface area contributed by atoms with Crippen LogP contribution in [0.25, 0.3) is 0 Å². The minimum atomic E-state index is -0.265. The number of carbonyl (C=O) groups is 1. The zero-order valence-corrected chi connectivity index (χ0v) is 18.7. The number of nitrogens with one attached hydrogen (secondary N) is 1. The molecule has 166 valence electrons. The van der Waals surface area contributed by atoms with Gasteiger partial charge in [0.25, 0.3) is 0 Å². The second-order valence-electron chi connectivity index (χ2n) is 8.72. The maximum absolute atomic E-state index is 14.0. The molecule has 1 N–H and O–H groups in total. The van der Waals surface area contributed by atoms with E-state index in [0.717, 1.165) is 44.6 Å². The minimum absolute atomic E-state index is 0.0268. The van der Waals surface area contributed by atoms with E-state index in [2.05, 4.69) is 39.4 Å². The summed E-state index contributed by atoms with van der Waals surface area (Å²) in [6.07, 6.45) is 5.47. The van der Waals surface area contributed by atoms with Gasteiger partial charge in [0.15, 0.2) is 0 Å². The number of anilines is 1. The predicted molar refractivity (Wildman–Crippen MR) is 124 cm³/mol. The van der Waals surface area contributed by atoms with Gasteiger partial charge in [0.2, 0.25) is 5.91 Å². The lowest BCUT2D eigenvalue weighted by Gasteiger charge is -2.31. The molecule has 2 heterocycles. The maximum Gasteiger partial charge on any atom is 0.223 e. The average Bonchev–Trinajstić information content (AvgIpc) is 2.81. The van der Waals surface area contributed by atoms with Crippen molar-refractivity contribution in [3.05, 3.63) is 64.4 Å². The molecule has 0 unspecified atom stereocenters. The quantitative estimate of drug-likeness (QED) is 0.682. The first-order valence-electron chi connectivity index (χ1n) is 11.4. The minimum Gasteiger partial charge on any atom is -0.372 e. The number of benzene rings is 2. The third kappa shape index (κ3) is 5.98. The summed E-state index contributed by atoms with van der Waals surface area (Å²) in [7, 11) is 0. The van der Waals surface area contributed by atoms with Gasteiger partial charge in [-0.25, -0.2) is 4.39 Å². The van der Waals surface area contributed by atoms with Gasteiger partial charge in [0.1, 0.15) is 5.82 Å². The van der Waals surface area contributed by atoms with Crippen LogP contribution in [0.4, 0.5) is 10.1 Å². The fraction of sp³-hybridized carbons (Fsp3) is 0.480. The highest BCUT2D eigenvalue weighted by Gasteiger charge is 2.25. The lowest BCUT2D eigenvalue weighted by molar-refractivity contribution is -0.126. The van der Waals surface area contributed by atoms with Crippen molar-refractivity contribution in [2.45, 2.75) is 45.2 Å². The molecule has 2 saturated heterocycles. The Hall–Kier alpha value is -2.11. The van der Waals surface area contributed by atoms with Gasteiger partial charge >= 0.3 is 0 Å². The van der Waals surface area contributed by atoms with E-state index in [1.807, 2.05) is 0 Å². The topological polar surface area (TPSA) is 35.6 Å². The molecule has 31 heavy (non-hydrogen) atoms. The van der Waals surface area contributed by atoms with E-state index >= 15 is 0 Å². The fourth-order valence-electron chi connectivity index (χ4n) is 4.55. The van der Waals surface area contributed by atoms with Crippen LogP contribution in [0.5, 0.6) is 0 Å². The molecule has 2 aromatic carbocycles. The van der Waals surface area contributed by atoms with Gasteiger partial charge in [-0.2, -0.15) is 0 Å². The zero-order valence-electron chi connectivity index (χ0n) is 18.0. The van der Waals surface area contributed by atoms with Crippen LogP contribution in [-0.4, -0.2) is 37.0 Å². The molecule has 4 nitrogen and oxygen atoms in total. The Bertz CT molecular complexity index is 875. The zero-order chi connectivity index (χ0) is 21.6. The number of carbonyl (C=O) groups excluding carboxylic acids is 1. The number of amides is 1. The number of halogens is 2. The number of likely N-dealkylation sites (tertiary alicyclic amines) is 1. The third-order valence-electron chi connectivity index (χ3n) is 6.49. The van der Waals surface area contributed by atoms with E-state index in [1.54, 1.807) is 12.1 Å². The van der Waals surface area contributed by atoms with E-state index in [-0.39, 0.29) is 17.6 Å². The smallest absolute Gasteiger partial charge is 0.223 e. The van der Waals surface area contributed by atoms with Gasteiger partial charge in [0, 0.05) is 48.4 Å². The Balaban J connectivity index is 1.21. The number of rotatable bonds is 6. The molecule has 0 spiro atoms. The lowest BCUT2D eigenvalue weighted by atomic mass is 9.95. The maximum atomic E-state index is 14.0. The molecule has 2 aliphatic rings. The van der Waals surface area contributed by atoms with Crippen LogP contribution in [0.3, 0.4) is 0 Å². The molecule has 2 aliphatic heterocycles. The second-order valence-corrected chi connectivity index (χ2v) is 9.15. The Labute approximate surface area is 189 Å². The molecule has 4 rings (SSSR count). The van der Waals surface area contributed by atoms with Crippen LogP contribution in [0.2, 0.25) is 5.02 Å². The average molecular weight is 444 g/mol. The van der Waals surface area contributed by atoms with Gasteiger partial charge in [-0.15, -0.1) is 0 Å². The largest absolute Gasteiger partial charge is 0.372 e. The van der Waals surface area contributed by atoms with Crippen LogP contribution in [-0.2, 0) is 17.9 Å². The fourth-order valence-corrected chi connectivity index (χ4v) is 4.71. The van der Waals surface area contributed by atoms with Crippen molar-refractivity contribution in [3.63, 3.8) is 0 Å². The van der Waals surface area contributed by atoms with Crippen molar-refractivity contribution in [1.82, 2.24) is 10.2 Å². The molecule has 0 atom stereocenters. The molecular weight excluding hydrogens is 413 g/mol. The first-order chi connectivity index (χ1) is 15.1. The number of nitrogens with zero attached hydrogens (tertiary/aromatic N) is 2. The monoisotopic (exact) mass is 443 g/mol. The van der Waals surface area contributed by atoms with Crippen LogP contribution in [0.15, 0.2) is 42.5 Å². The molecule has 6 heteroatoms. The van der Waals surface area contributed by atoms with Crippen molar-refractivity contribution >= 4 is 23.2 Å². The number of piperidine rings is 2. The van der Waals surface area contributed by atoms with Gasteiger partial charge in [-0.05, 0) is 75.0 Å². The summed E-state index contributed by atoms with van der Waals surface area (Å²) in [6.45, 7) is 4.99. The molecular formula is C25H31ClFN3O. The van der Waals surface area contributed by atoms with Crippen molar-refractivity contribution in [2.75, 3.05) is 31.1 Å². The Kier molecular flexibility index (Phi) is 7.46. The predicted octanol–water partition coefficient (Wildman–Crippen LogP) is 5.00. The summed E-state index contributed by atoms with van der Waals surface area (Å²) >= 11 is 5.83. The van der Waals surface area contributed by atoms with Gasteiger partial charge in [-0.3, -0.25) is 9.69 Å². The van der Waals surface area contributed by atoms with Crippen LogP contribution >= 0.6 is 11.6 Å². The van der Waals surface area contributed by atoms with Crippen LogP contribution in [0, 0.1) is 11.7 Å². The van der Waals surface area contributed by atoms with Crippen molar-refractivity contribution in [1.29, 1.82) is 0 Å². The van der Waals surface area contributed by atoms with Gasteiger partial charge in [0.05, 0.1) is 0 Å². The second kappa shape index (κ2) is 10.5. The van der Waals surface area contributed by atoms with E-state index in [4.69, 9.17) is 11.6 Å². The van der Waals surface area contributed by atoms with Gasteiger partial charge < -0.3 is 10.2 Å². The van der Waals surface area contributed by atoms with E-state index in [0.29, 0.717) is 23.7 Å². The molecule has 0 saturated carbocycles. The summed E-state index contributed by atoms with van der Waals surface area (Å²) in [6, 6.07) is 13.4. The summed E-state index contributed by atoms with van der Waals surface area (Å²) < 4.78 is 14.0. The summed E-state index contributed by atoms with van der Waals surface area (Å²) in [5, 5.41) is 3.52. The van der Waals surface area contributed by atoms with E-state index in [1.165, 1.54) is 31.0 Å². The Morgan fingerprint density at radius 3 is 2.39 bits per heavy atom. The molecule has 0 aromatic heterocycles. The van der Waals surface area contributed by atoms with E-state index < -0.39 is 0 Å². The Morgan fingerprint density at radius 1 is 1.00 bits per heavy atom. The lowest BCUT2D eigenvalue weighted by Crippen LogP contribution is -2.40. The summed E-state index contributed by atoms with van der Waals surface area (Å²) in [5.74, 6) is -0.116. The molecule has 0 bridgehead atoms. The first-order valence-corrected chi connectivity index (χ1v) is 11.7. The summed E-state index contributed by atoms with van der Waals surface area (Å²) in [5.41, 5.74) is 3.06. The standard InChI is InChI=1S/C25H31ClFN3O/c26-22-7-6-21(24(27)16-22)18-29-14-10-20(11-15-29)25(31)28-17-19-4-8-23(9-5-19)30-12-2-1-3-13-30/h4-9,16,20H,1-3,10-15,17-18H2,(H,28,31). The number of hydrogen-bond acceptors (Lipinski definition) is 3. The van der Waals surface area contributed by atoms with E-state index in [9.17, 15) is 9.18 Å². The SMILES string of the molecule is O=C(NCc1ccc(N2CCCCC2)cc1)C1CCN(Cc2ccc(Cl)cc2F)CC1. The van der Waals surface area contributed by atoms with Gasteiger partial charge in [-0.1, -0.05) is 29.8 Å². The molecule has 2 aromatic rings. The highest BCUT2D eigenvalue weighted by atomic mass is 35.5.